The fourth-order valence-corrected chi connectivity index (χ4v) is 4.02. The molecule has 0 aromatic heterocycles. The third-order valence-corrected chi connectivity index (χ3v) is 6.50. The number of rotatable bonds is 15. The number of carboxylic acid groups (broad SMARTS) is 1. The zero-order valence-corrected chi connectivity index (χ0v) is 21.0. The van der Waals surface area contributed by atoms with E-state index in [1.165, 1.54) is 32.6 Å². The third kappa shape index (κ3) is 9.33. The molecule has 1 aliphatic heterocycles. The fraction of sp³-hybridized carbons (Fsp3) is 0.840. The average Bonchev–Trinajstić information content (AvgIpc) is 3.28. The van der Waals surface area contributed by atoms with E-state index in [0.717, 1.165) is 19.3 Å². The van der Waals surface area contributed by atoms with E-state index in [4.69, 9.17) is 14.6 Å². The maximum atomic E-state index is 13.0. The summed E-state index contributed by atoms with van der Waals surface area (Å²) in [6.45, 7) is 9.41. The summed E-state index contributed by atoms with van der Waals surface area (Å²) >= 11 is 0. The lowest BCUT2D eigenvalue weighted by molar-refractivity contribution is -0.181. The molecule has 0 aromatic carbocycles. The molecule has 0 aromatic rings. The predicted octanol–water partition coefficient (Wildman–Crippen LogP) is 4.34. The molecule has 1 rings (SSSR count). The quantitative estimate of drug-likeness (QED) is 0.281. The van der Waals surface area contributed by atoms with Crippen molar-refractivity contribution in [3.05, 3.63) is 0 Å². The highest BCUT2D eigenvalue weighted by Crippen LogP contribution is 2.25. The van der Waals surface area contributed by atoms with Gasteiger partial charge in [-0.2, -0.15) is 0 Å². The van der Waals surface area contributed by atoms with Crippen LogP contribution in [0.15, 0.2) is 0 Å². The molecule has 1 fully saturated rings. The van der Waals surface area contributed by atoms with Crippen molar-refractivity contribution in [1.82, 2.24) is 4.90 Å². The normalized spacial score (nSPS) is 19.4. The van der Waals surface area contributed by atoms with Crippen LogP contribution in [0, 0.1) is 11.8 Å². The molecule has 5 unspecified atom stereocenters. The van der Waals surface area contributed by atoms with Crippen molar-refractivity contribution in [2.24, 2.45) is 11.8 Å². The van der Waals surface area contributed by atoms with Crippen LogP contribution < -0.4 is 0 Å². The summed E-state index contributed by atoms with van der Waals surface area (Å²) in [5, 5.41) is 9.00. The van der Waals surface area contributed by atoms with Gasteiger partial charge in [0.2, 0.25) is 12.0 Å². The van der Waals surface area contributed by atoms with E-state index in [0.29, 0.717) is 25.8 Å². The molecule has 1 aliphatic rings. The zero-order valence-electron chi connectivity index (χ0n) is 21.0. The van der Waals surface area contributed by atoms with Gasteiger partial charge in [-0.15, -0.1) is 0 Å². The van der Waals surface area contributed by atoms with Gasteiger partial charge in [0.1, 0.15) is 6.04 Å². The Morgan fingerprint density at radius 1 is 0.970 bits per heavy atom. The summed E-state index contributed by atoms with van der Waals surface area (Å²) in [6, 6.07) is -0.722. The Hall–Kier alpha value is -2.12. The van der Waals surface area contributed by atoms with Crippen molar-refractivity contribution in [2.45, 2.75) is 117 Å². The molecule has 0 bridgehead atoms. The smallest absolute Gasteiger partial charge is 0.348 e. The minimum Gasteiger partial charge on any atom is -0.479 e. The Morgan fingerprint density at radius 3 is 2.21 bits per heavy atom. The van der Waals surface area contributed by atoms with Crippen molar-refractivity contribution in [3.63, 3.8) is 0 Å². The van der Waals surface area contributed by atoms with Crippen molar-refractivity contribution >= 4 is 23.8 Å². The highest BCUT2D eigenvalue weighted by molar-refractivity contribution is 5.88. The molecule has 8 nitrogen and oxygen atoms in total. The maximum absolute atomic E-state index is 13.0. The summed E-state index contributed by atoms with van der Waals surface area (Å²) < 4.78 is 10.5. The lowest BCUT2D eigenvalue weighted by Crippen LogP contribution is -2.46. The van der Waals surface area contributed by atoms with Gasteiger partial charge in [0, 0.05) is 18.4 Å². The van der Waals surface area contributed by atoms with Crippen LogP contribution in [0.25, 0.3) is 0 Å². The number of likely N-dealkylation sites (tertiary alicyclic amines) is 1. The van der Waals surface area contributed by atoms with Crippen LogP contribution in [-0.4, -0.2) is 58.6 Å². The van der Waals surface area contributed by atoms with Gasteiger partial charge in [0.25, 0.3) is 0 Å². The van der Waals surface area contributed by atoms with E-state index in [-0.39, 0.29) is 17.7 Å². The van der Waals surface area contributed by atoms with Gasteiger partial charge in [0.15, 0.2) is 6.10 Å². The summed E-state index contributed by atoms with van der Waals surface area (Å²) in [6.07, 6.45) is 6.92. The minimum atomic E-state index is -1.34. The standard InChI is InChI=1S/C25H43NO7/c1-6-8-9-10-11-12-14-18(4)22(27)26-16-13-15-20(26)24(30)33-21(17(3)7-2)25(31)32-19(5)23(28)29/h17-21H,6-16H2,1-5H3,(H,28,29). The number of esters is 2. The molecule has 0 saturated carbocycles. The molecular weight excluding hydrogens is 426 g/mol. The lowest BCUT2D eigenvalue weighted by atomic mass is 10.00. The average molecular weight is 470 g/mol. The minimum absolute atomic E-state index is 0.0508. The van der Waals surface area contributed by atoms with Gasteiger partial charge in [0.05, 0.1) is 0 Å². The van der Waals surface area contributed by atoms with E-state index in [9.17, 15) is 19.2 Å². The first-order valence-electron chi connectivity index (χ1n) is 12.6. The van der Waals surface area contributed by atoms with E-state index < -0.39 is 36.2 Å². The first-order chi connectivity index (χ1) is 15.6. The van der Waals surface area contributed by atoms with Gasteiger partial charge < -0.3 is 19.5 Å². The monoisotopic (exact) mass is 469 g/mol. The highest BCUT2D eigenvalue weighted by Gasteiger charge is 2.40. The molecule has 5 atom stereocenters. The molecule has 190 valence electrons. The molecule has 1 amide bonds. The Balaban J connectivity index is 2.71. The highest BCUT2D eigenvalue weighted by atomic mass is 16.6. The van der Waals surface area contributed by atoms with Crippen molar-refractivity contribution in [3.8, 4) is 0 Å². The number of hydrogen-bond donors (Lipinski definition) is 1. The van der Waals surface area contributed by atoms with Crippen LogP contribution in [0.1, 0.15) is 98.8 Å². The van der Waals surface area contributed by atoms with E-state index >= 15 is 0 Å². The van der Waals surface area contributed by atoms with Crippen LogP contribution in [0.3, 0.4) is 0 Å². The van der Waals surface area contributed by atoms with Crippen molar-refractivity contribution in [1.29, 1.82) is 0 Å². The first-order valence-corrected chi connectivity index (χ1v) is 12.6. The summed E-state index contributed by atoms with van der Waals surface area (Å²) in [7, 11) is 0. The Morgan fingerprint density at radius 2 is 1.61 bits per heavy atom. The maximum Gasteiger partial charge on any atom is 0.348 e. The largest absolute Gasteiger partial charge is 0.479 e. The number of carbonyl (C=O) groups excluding carboxylic acids is 3. The molecule has 1 N–H and O–H groups in total. The van der Waals surface area contributed by atoms with Gasteiger partial charge >= 0.3 is 17.9 Å². The van der Waals surface area contributed by atoms with Crippen LogP contribution in [0.4, 0.5) is 0 Å². The second kappa shape index (κ2) is 14.9. The number of nitrogens with zero attached hydrogens (tertiary/aromatic N) is 1. The molecule has 0 radical (unpaired) electrons. The van der Waals surface area contributed by atoms with E-state index in [2.05, 4.69) is 6.92 Å². The predicted molar refractivity (Wildman–Crippen MR) is 124 cm³/mol. The number of unbranched alkanes of at least 4 members (excludes halogenated alkanes) is 5. The van der Waals surface area contributed by atoms with Crippen LogP contribution in [0.2, 0.25) is 0 Å². The number of carboxylic acids is 1. The van der Waals surface area contributed by atoms with Crippen LogP contribution >= 0.6 is 0 Å². The van der Waals surface area contributed by atoms with Crippen molar-refractivity contribution in [2.75, 3.05) is 6.54 Å². The second-order valence-electron chi connectivity index (χ2n) is 9.31. The van der Waals surface area contributed by atoms with Gasteiger partial charge in [-0.3, -0.25) is 4.79 Å². The Kier molecular flexibility index (Phi) is 13.1. The second-order valence-corrected chi connectivity index (χ2v) is 9.31. The van der Waals surface area contributed by atoms with Crippen LogP contribution in [-0.2, 0) is 28.7 Å². The number of ether oxygens (including phenoxy) is 2. The summed E-state index contributed by atoms with van der Waals surface area (Å²) in [4.78, 5) is 51.1. The molecule has 1 saturated heterocycles. The lowest BCUT2D eigenvalue weighted by Gasteiger charge is -2.29. The molecule has 1 heterocycles. The topological polar surface area (TPSA) is 110 Å². The zero-order chi connectivity index (χ0) is 25.0. The Labute approximate surface area is 198 Å². The van der Waals surface area contributed by atoms with Gasteiger partial charge in [-0.05, 0) is 32.6 Å². The molecule has 8 heteroatoms. The molecule has 0 spiro atoms. The molecular formula is C25H43NO7. The first kappa shape index (κ1) is 28.9. The Bertz CT molecular complexity index is 651. The van der Waals surface area contributed by atoms with Crippen LogP contribution in [0.5, 0.6) is 0 Å². The van der Waals surface area contributed by atoms with Gasteiger partial charge in [-0.1, -0.05) is 66.2 Å². The third-order valence-electron chi connectivity index (χ3n) is 6.50. The SMILES string of the molecule is CCCCCCCCC(C)C(=O)N1CCCC1C(=O)OC(C(=O)OC(C)C(=O)O)C(C)CC. The molecule has 0 aliphatic carbocycles. The van der Waals surface area contributed by atoms with Crippen molar-refractivity contribution < 1.29 is 33.8 Å². The van der Waals surface area contributed by atoms with Gasteiger partial charge in [-0.25, -0.2) is 14.4 Å². The summed E-state index contributed by atoms with van der Waals surface area (Å²) in [5.74, 6) is -3.34. The number of carbonyl (C=O) groups is 4. The number of aliphatic carboxylic acids is 1. The molecule has 33 heavy (non-hydrogen) atoms. The number of hydrogen-bond acceptors (Lipinski definition) is 6. The summed E-state index contributed by atoms with van der Waals surface area (Å²) in [5.41, 5.74) is 0. The van der Waals surface area contributed by atoms with E-state index in [1.54, 1.807) is 11.8 Å². The van der Waals surface area contributed by atoms with E-state index in [1.807, 2.05) is 13.8 Å². The number of amides is 1. The fourth-order valence-electron chi connectivity index (χ4n) is 4.02.